The Morgan fingerprint density at radius 3 is 2.63 bits per heavy atom. The summed E-state index contributed by atoms with van der Waals surface area (Å²) < 4.78 is 0. The smallest absolute Gasteiger partial charge is 0.236 e. The molecule has 1 aliphatic carbocycles. The van der Waals surface area contributed by atoms with Gasteiger partial charge in [0.05, 0.1) is 6.54 Å². The van der Waals surface area contributed by atoms with Gasteiger partial charge in [-0.05, 0) is 31.0 Å². The molecule has 0 radical (unpaired) electrons. The van der Waals surface area contributed by atoms with Gasteiger partial charge in [0.2, 0.25) is 5.91 Å². The number of nitrogens with two attached hydrogens (primary N) is 1. The van der Waals surface area contributed by atoms with E-state index in [9.17, 15) is 4.79 Å². The van der Waals surface area contributed by atoms with Crippen LogP contribution in [-0.4, -0.2) is 41.9 Å². The molecule has 0 atom stereocenters. The highest BCUT2D eigenvalue weighted by molar-refractivity contribution is 5.78. The molecule has 104 valence electrons. The molecule has 4 heteroatoms. The number of nitrogens with zero attached hydrogens (tertiary/aromatic N) is 2. The highest BCUT2D eigenvalue weighted by Gasteiger charge is 2.29. The Morgan fingerprint density at radius 2 is 2.05 bits per heavy atom. The summed E-state index contributed by atoms with van der Waals surface area (Å²) in [7, 11) is 1.91. The second-order valence-corrected chi connectivity index (χ2v) is 5.24. The van der Waals surface area contributed by atoms with Gasteiger partial charge in [-0.25, -0.2) is 0 Å². The van der Waals surface area contributed by atoms with Crippen molar-refractivity contribution in [3.05, 3.63) is 29.8 Å². The second kappa shape index (κ2) is 6.06. The van der Waals surface area contributed by atoms with Crippen LogP contribution in [0.4, 0.5) is 5.69 Å². The van der Waals surface area contributed by atoms with E-state index in [2.05, 4.69) is 11.8 Å². The zero-order valence-corrected chi connectivity index (χ0v) is 11.8. The maximum atomic E-state index is 12.1. The van der Waals surface area contributed by atoms with Gasteiger partial charge in [-0.2, -0.15) is 0 Å². The number of benzene rings is 1. The number of anilines is 1. The first kappa shape index (κ1) is 13.9. The lowest BCUT2D eigenvalue weighted by molar-refractivity contribution is -0.131. The number of likely N-dealkylation sites (N-methyl/N-ethyl adjacent to an activating group) is 2. The van der Waals surface area contributed by atoms with Crippen LogP contribution in [0.5, 0.6) is 0 Å². The first-order valence-corrected chi connectivity index (χ1v) is 6.93. The summed E-state index contributed by atoms with van der Waals surface area (Å²) in [6.45, 7) is 4.12. The van der Waals surface area contributed by atoms with Crippen LogP contribution in [0.15, 0.2) is 24.3 Å². The fourth-order valence-corrected chi connectivity index (χ4v) is 2.17. The van der Waals surface area contributed by atoms with E-state index < -0.39 is 0 Å². The number of nitrogen functional groups attached to an aromatic ring is 1. The maximum absolute atomic E-state index is 12.1. The Morgan fingerprint density at radius 1 is 1.37 bits per heavy atom. The molecule has 1 aliphatic rings. The van der Waals surface area contributed by atoms with E-state index in [1.165, 1.54) is 0 Å². The molecule has 0 aliphatic heterocycles. The third-order valence-electron chi connectivity index (χ3n) is 3.74. The lowest BCUT2D eigenvalue weighted by atomic mass is 10.1. The Labute approximate surface area is 115 Å². The molecule has 1 aromatic carbocycles. The van der Waals surface area contributed by atoms with Gasteiger partial charge in [-0.15, -0.1) is 0 Å². The fraction of sp³-hybridized carbons (Fsp3) is 0.533. The monoisotopic (exact) mass is 261 g/mol. The molecule has 0 heterocycles. The molecule has 1 saturated carbocycles. The summed E-state index contributed by atoms with van der Waals surface area (Å²) in [5, 5.41) is 0. The van der Waals surface area contributed by atoms with Crippen LogP contribution in [0.1, 0.15) is 25.3 Å². The standard InChI is InChI=1S/C15H23N3O/c1-3-18(10-12-6-4-5-7-14(12)16)11-15(19)17(2)13-8-9-13/h4-7,13H,3,8-11,16H2,1-2H3. The van der Waals surface area contributed by atoms with Crippen molar-refractivity contribution in [2.45, 2.75) is 32.4 Å². The lowest BCUT2D eigenvalue weighted by Crippen LogP contribution is -2.39. The average molecular weight is 261 g/mol. The number of para-hydroxylation sites is 1. The van der Waals surface area contributed by atoms with Crippen LogP contribution >= 0.6 is 0 Å². The van der Waals surface area contributed by atoms with Gasteiger partial charge in [-0.1, -0.05) is 25.1 Å². The number of rotatable bonds is 6. The molecule has 2 rings (SSSR count). The van der Waals surface area contributed by atoms with Gasteiger partial charge in [0.25, 0.3) is 0 Å². The molecule has 4 nitrogen and oxygen atoms in total. The second-order valence-electron chi connectivity index (χ2n) is 5.24. The van der Waals surface area contributed by atoms with Gasteiger partial charge in [-0.3, -0.25) is 9.69 Å². The maximum Gasteiger partial charge on any atom is 0.236 e. The SMILES string of the molecule is CCN(CC(=O)N(C)C1CC1)Cc1ccccc1N. The molecule has 0 unspecified atom stereocenters. The zero-order chi connectivity index (χ0) is 13.8. The van der Waals surface area contributed by atoms with Gasteiger partial charge in [0, 0.05) is 25.3 Å². The highest BCUT2D eigenvalue weighted by atomic mass is 16.2. The van der Waals surface area contributed by atoms with Crippen LogP contribution < -0.4 is 5.73 Å². The molecule has 1 aromatic rings. The Bertz CT molecular complexity index is 443. The van der Waals surface area contributed by atoms with E-state index in [1.54, 1.807) is 0 Å². The van der Waals surface area contributed by atoms with E-state index in [1.807, 2.05) is 36.2 Å². The predicted octanol–water partition coefficient (Wildman–Crippen LogP) is 1.71. The Kier molecular flexibility index (Phi) is 4.43. The number of carbonyl (C=O) groups is 1. The molecule has 1 fully saturated rings. The van der Waals surface area contributed by atoms with Crippen molar-refractivity contribution in [2.75, 3.05) is 25.9 Å². The molecular weight excluding hydrogens is 238 g/mol. The largest absolute Gasteiger partial charge is 0.398 e. The third-order valence-corrected chi connectivity index (χ3v) is 3.74. The minimum absolute atomic E-state index is 0.207. The van der Waals surface area contributed by atoms with Crippen molar-refractivity contribution in [3.63, 3.8) is 0 Å². The average Bonchev–Trinajstić information content (AvgIpc) is 3.23. The normalized spacial score (nSPS) is 14.7. The molecule has 2 N–H and O–H groups in total. The van der Waals surface area contributed by atoms with Crippen LogP contribution in [-0.2, 0) is 11.3 Å². The van der Waals surface area contributed by atoms with Gasteiger partial charge >= 0.3 is 0 Å². The molecule has 19 heavy (non-hydrogen) atoms. The first-order chi connectivity index (χ1) is 9.11. The van der Waals surface area contributed by atoms with Gasteiger partial charge < -0.3 is 10.6 Å². The molecular formula is C15H23N3O. The summed E-state index contributed by atoms with van der Waals surface area (Å²) in [4.78, 5) is 16.1. The first-order valence-electron chi connectivity index (χ1n) is 6.93. The lowest BCUT2D eigenvalue weighted by Gasteiger charge is -2.24. The highest BCUT2D eigenvalue weighted by Crippen LogP contribution is 2.25. The van der Waals surface area contributed by atoms with E-state index in [0.29, 0.717) is 12.6 Å². The van der Waals surface area contributed by atoms with Crippen LogP contribution in [0.25, 0.3) is 0 Å². The predicted molar refractivity (Wildman–Crippen MR) is 77.6 cm³/mol. The quantitative estimate of drug-likeness (QED) is 0.793. The van der Waals surface area contributed by atoms with E-state index in [0.717, 1.165) is 37.2 Å². The minimum atomic E-state index is 0.207. The topological polar surface area (TPSA) is 49.6 Å². The molecule has 0 spiro atoms. The Hall–Kier alpha value is -1.55. The van der Waals surface area contributed by atoms with E-state index in [4.69, 9.17) is 5.73 Å². The number of carbonyl (C=O) groups excluding carboxylic acids is 1. The summed E-state index contributed by atoms with van der Waals surface area (Å²) >= 11 is 0. The number of amides is 1. The van der Waals surface area contributed by atoms with Crippen LogP contribution in [0, 0.1) is 0 Å². The van der Waals surface area contributed by atoms with E-state index in [-0.39, 0.29) is 5.91 Å². The third kappa shape index (κ3) is 3.70. The number of hydrogen-bond donors (Lipinski definition) is 1. The van der Waals surface area contributed by atoms with Crippen molar-refractivity contribution in [3.8, 4) is 0 Å². The van der Waals surface area contributed by atoms with Crippen molar-refractivity contribution in [1.82, 2.24) is 9.80 Å². The van der Waals surface area contributed by atoms with Crippen molar-refractivity contribution in [1.29, 1.82) is 0 Å². The summed E-state index contributed by atoms with van der Waals surface area (Å²) in [6.07, 6.45) is 2.31. The molecule has 0 bridgehead atoms. The van der Waals surface area contributed by atoms with Gasteiger partial charge in [0.1, 0.15) is 0 Å². The van der Waals surface area contributed by atoms with Crippen molar-refractivity contribution < 1.29 is 4.79 Å². The fourth-order valence-electron chi connectivity index (χ4n) is 2.17. The molecule has 1 amide bonds. The van der Waals surface area contributed by atoms with Crippen LogP contribution in [0.2, 0.25) is 0 Å². The zero-order valence-electron chi connectivity index (χ0n) is 11.8. The van der Waals surface area contributed by atoms with Crippen molar-refractivity contribution in [2.24, 2.45) is 0 Å². The number of hydrogen-bond acceptors (Lipinski definition) is 3. The summed E-state index contributed by atoms with van der Waals surface area (Å²) in [6, 6.07) is 8.32. The van der Waals surface area contributed by atoms with Gasteiger partial charge in [0.15, 0.2) is 0 Å². The molecule has 0 aromatic heterocycles. The minimum Gasteiger partial charge on any atom is -0.398 e. The Balaban J connectivity index is 1.93. The summed E-state index contributed by atoms with van der Waals surface area (Å²) in [5.74, 6) is 0.207. The van der Waals surface area contributed by atoms with Crippen LogP contribution in [0.3, 0.4) is 0 Å². The van der Waals surface area contributed by atoms with E-state index >= 15 is 0 Å². The van der Waals surface area contributed by atoms with Crippen molar-refractivity contribution >= 4 is 11.6 Å². The summed E-state index contributed by atoms with van der Waals surface area (Å²) in [5.41, 5.74) is 7.83. The molecule has 0 saturated heterocycles.